The van der Waals surface area contributed by atoms with Gasteiger partial charge in [-0.1, -0.05) is 38.1 Å². The summed E-state index contributed by atoms with van der Waals surface area (Å²) in [5.41, 5.74) is 1.89. The molecule has 0 aliphatic heterocycles. The second-order valence-corrected chi connectivity index (χ2v) is 6.96. The molecule has 0 aliphatic rings. The summed E-state index contributed by atoms with van der Waals surface area (Å²) < 4.78 is 20.8. The number of halogens is 1. The molecule has 146 valence electrons. The summed E-state index contributed by atoms with van der Waals surface area (Å²) in [5.74, 6) is 1.07. The fraction of sp³-hybridized carbons (Fsp3) is 0.273. The zero-order valence-corrected chi connectivity index (χ0v) is 16.2. The second kappa shape index (κ2) is 8.69. The molecule has 0 fully saturated rings. The van der Waals surface area contributed by atoms with Gasteiger partial charge >= 0.3 is 0 Å². The van der Waals surface area contributed by atoms with Crippen molar-refractivity contribution in [2.75, 3.05) is 6.61 Å². The number of aryl methyl sites for hydroxylation is 1. The van der Waals surface area contributed by atoms with E-state index in [2.05, 4.69) is 24.1 Å². The van der Waals surface area contributed by atoms with Crippen molar-refractivity contribution in [3.05, 3.63) is 83.7 Å². The Balaban J connectivity index is 1.72. The van der Waals surface area contributed by atoms with Crippen LogP contribution in [0.15, 0.2) is 60.9 Å². The fourth-order valence-corrected chi connectivity index (χ4v) is 2.92. The lowest BCUT2D eigenvalue weighted by molar-refractivity contribution is -0.123. The third kappa shape index (κ3) is 4.76. The second-order valence-electron chi connectivity index (χ2n) is 6.96. The Morgan fingerprint density at radius 1 is 1.18 bits per heavy atom. The van der Waals surface area contributed by atoms with Gasteiger partial charge in [0.25, 0.3) is 5.91 Å². The first-order valence-corrected chi connectivity index (χ1v) is 9.19. The predicted molar refractivity (Wildman–Crippen MR) is 106 cm³/mol. The van der Waals surface area contributed by atoms with Gasteiger partial charge in [0, 0.05) is 19.4 Å². The first-order valence-electron chi connectivity index (χ1n) is 9.19. The Hall–Kier alpha value is -3.15. The molecule has 0 saturated heterocycles. The number of nitrogens with zero attached hydrogens (tertiary/aromatic N) is 2. The number of imidazole rings is 1. The highest BCUT2D eigenvalue weighted by atomic mass is 19.1. The molecule has 3 aromatic rings. The van der Waals surface area contributed by atoms with Crippen LogP contribution in [0.4, 0.5) is 4.39 Å². The average molecular weight is 381 g/mol. The molecular formula is C22H24FN3O2. The van der Waals surface area contributed by atoms with Crippen molar-refractivity contribution in [3.63, 3.8) is 0 Å². The van der Waals surface area contributed by atoms with Crippen LogP contribution >= 0.6 is 0 Å². The molecule has 0 spiro atoms. The maximum Gasteiger partial charge on any atom is 0.258 e. The molecule has 5 nitrogen and oxygen atoms in total. The molecule has 1 unspecified atom stereocenters. The molecule has 1 amide bonds. The Labute approximate surface area is 164 Å². The molecule has 2 aromatic carbocycles. The number of hydrogen-bond acceptors (Lipinski definition) is 3. The van der Waals surface area contributed by atoms with Crippen LogP contribution in [0.1, 0.15) is 42.8 Å². The molecule has 28 heavy (non-hydrogen) atoms. The number of nitrogens with one attached hydrogen (secondary N) is 1. The summed E-state index contributed by atoms with van der Waals surface area (Å²) in [6.07, 6.45) is 3.46. The number of rotatable bonds is 7. The van der Waals surface area contributed by atoms with E-state index in [4.69, 9.17) is 4.74 Å². The summed E-state index contributed by atoms with van der Waals surface area (Å²) >= 11 is 0. The van der Waals surface area contributed by atoms with Gasteiger partial charge in [-0.3, -0.25) is 4.79 Å². The number of carbonyl (C=O) groups is 1. The fourth-order valence-electron chi connectivity index (χ4n) is 2.92. The smallest absolute Gasteiger partial charge is 0.258 e. The van der Waals surface area contributed by atoms with Crippen molar-refractivity contribution in [2.24, 2.45) is 7.05 Å². The molecular weight excluding hydrogens is 357 g/mol. The van der Waals surface area contributed by atoms with Crippen LogP contribution in [0.3, 0.4) is 0 Å². The van der Waals surface area contributed by atoms with E-state index in [1.807, 2.05) is 35.9 Å². The normalized spacial score (nSPS) is 12.0. The molecule has 0 radical (unpaired) electrons. The highest BCUT2D eigenvalue weighted by Gasteiger charge is 2.21. The van der Waals surface area contributed by atoms with Gasteiger partial charge in [-0.15, -0.1) is 0 Å². The molecule has 1 N–H and O–H groups in total. The highest BCUT2D eigenvalue weighted by Crippen LogP contribution is 2.22. The van der Waals surface area contributed by atoms with E-state index in [0.29, 0.717) is 17.5 Å². The van der Waals surface area contributed by atoms with Gasteiger partial charge in [-0.25, -0.2) is 9.37 Å². The maximum absolute atomic E-state index is 13.3. The molecule has 0 saturated carbocycles. The molecule has 1 heterocycles. The van der Waals surface area contributed by atoms with Crippen LogP contribution in [0.25, 0.3) is 0 Å². The van der Waals surface area contributed by atoms with Crippen molar-refractivity contribution >= 4 is 5.91 Å². The van der Waals surface area contributed by atoms with Crippen molar-refractivity contribution in [1.29, 1.82) is 0 Å². The van der Waals surface area contributed by atoms with Gasteiger partial charge in [0.05, 0.1) is 0 Å². The molecule has 3 rings (SSSR count). The molecule has 1 aromatic heterocycles. The molecule has 0 bridgehead atoms. The lowest BCUT2D eigenvalue weighted by Gasteiger charge is -2.19. The number of carbonyl (C=O) groups excluding carboxylic acids is 1. The summed E-state index contributed by atoms with van der Waals surface area (Å²) in [6, 6.07) is 13.2. The first-order chi connectivity index (χ1) is 13.4. The zero-order valence-electron chi connectivity index (χ0n) is 16.2. The first kappa shape index (κ1) is 19.6. The van der Waals surface area contributed by atoms with Crippen LogP contribution in [0.5, 0.6) is 5.75 Å². The van der Waals surface area contributed by atoms with Crippen LogP contribution in [0.2, 0.25) is 0 Å². The Kier molecular flexibility index (Phi) is 6.09. The number of benzene rings is 2. The Morgan fingerprint density at radius 3 is 2.57 bits per heavy atom. The SMILES string of the molecule is CC(C)c1cccc(OCC(=O)NC(c2ccc(F)cc2)c2nccn2C)c1. The van der Waals surface area contributed by atoms with E-state index < -0.39 is 6.04 Å². The van der Waals surface area contributed by atoms with Crippen LogP contribution in [0, 0.1) is 5.82 Å². The minimum absolute atomic E-state index is 0.121. The topological polar surface area (TPSA) is 56.1 Å². The number of amides is 1. The van der Waals surface area contributed by atoms with Gasteiger partial charge in [0.15, 0.2) is 6.61 Å². The average Bonchev–Trinajstić information content (AvgIpc) is 3.11. The van der Waals surface area contributed by atoms with Gasteiger partial charge in [0.1, 0.15) is 23.4 Å². The lowest BCUT2D eigenvalue weighted by Crippen LogP contribution is -2.34. The largest absolute Gasteiger partial charge is 0.484 e. The molecule has 1 atom stereocenters. The van der Waals surface area contributed by atoms with E-state index >= 15 is 0 Å². The predicted octanol–water partition coefficient (Wildman–Crippen LogP) is 3.97. The summed E-state index contributed by atoms with van der Waals surface area (Å²) in [7, 11) is 1.85. The third-order valence-electron chi connectivity index (χ3n) is 4.52. The monoisotopic (exact) mass is 381 g/mol. The van der Waals surface area contributed by atoms with Crippen molar-refractivity contribution in [3.8, 4) is 5.75 Å². The molecule has 6 heteroatoms. The minimum atomic E-state index is -0.501. The summed E-state index contributed by atoms with van der Waals surface area (Å²) in [4.78, 5) is 16.9. The summed E-state index contributed by atoms with van der Waals surface area (Å²) in [5, 5.41) is 2.93. The van der Waals surface area contributed by atoms with E-state index in [9.17, 15) is 9.18 Å². The maximum atomic E-state index is 13.3. The van der Waals surface area contributed by atoms with Crippen molar-refractivity contribution in [1.82, 2.24) is 14.9 Å². The lowest BCUT2D eigenvalue weighted by atomic mass is 10.0. The number of hydrogen-bond donors (Lipinski definition) is 1. The minimum Gasteiger partial charge on any atom is -0.484 e. The van der Waals surface area contributed by atoms with Crippen LogP contribution in [-0.2, 0) is 11.8 Å². The number of aromatic nitrogens is 2. The summed E-state index contributed by atoms with van der Waals surface area (Å²) in [6.45, 7) is 4.08. The van der Waals surface area contributed by atoms with Gasteiger partial charge < -0.3 is 14.6 Å². The van der Waals surface area contributed by atoms with Crippen LogP contribution in [-0.4, -0.2) is 22.1 Å². The van der Waals surface area contributed by atoms with Gasteiger partial charge in [-0.2, -0.15) is 0 Å². The number of ether oxygens (including phenoxy) is 1. The highest BCUT2D eigenvalue weighted by molar-refractivity contribution is 5.78. The van der Waals surface area contributed by atoms with E-state index in [1.165, 1.54) is 12.1 Å². The Bertz CT molecular complexity index is 935. The van der Waals surface area contributed by atoms with Crippen molar-refractivity contribution in [2.45, 2.75) is 25.8 Å². The van der Waals surface area contributed by atoms with E-state index in [1.54, 1.807) is 24.5 Å². The zero-order chi connectivity index (χ0) is 20.1. The van der Waals surface area contributed by atoms with E-state index in [-0.39, 0.29) is 18.3 Å². The quantitative estimate of drug-likeness (QED) is 0.674. The van der Waals surface area contributed by atoms with Crippen molar-refractivity contribution < 1.29 is 13.9 Å². The van der Waals surface area contributed by atoms with Crippen LogP contribution < -0.4 is 10.1 Å². The van der Waals surface area contributed by atoms with Gasteiger partial charge in [0.2, 0.25) is 0 Å². The van der Waals surface area contributed by atoms with Gasteiger partial charge in [-0.05, 0) is 41.3 Å². The van der Waals surface area contributed by atoms with E-state index in [0.717, 1.165) is 11.1 Å². The third-order valence-corrected chi connectivity index (χ3v) is 4.52. The molecule has 0 aliphatic carbocycles. The standard InChI is InChI=1S/C22H24FN3O2/c1-15(2)17-5-4-6-19(13-17)28-14-20(27)25-21(22-24-11-12-26(22)3)16-7-9-18(23)10-8-16/h4-13,15,21H,14H2,1-3H3,(H,25,27). The Morgan fingerprint density at radius 2 is 1.93 bits per heavy atom.